The molecular weight excluding hydrogens is 414 g/mol. The fourth-order valence-corrected chi connectivity index (χ4v) is 3.65. The number of ether oxygens (including phenoxy) is 1. The summed E-state index contributed by atoms with van der Waals surface area (Å²) in [5.41, 5.74) is 1.55. The molecule has 8 heteroatoms. The second kappa shape index (κ2) is 8.49. The number of hydrogen-bond donors (Lipinski definition) is 1. The molecule has 7 nitrogen and oxygen atoms in total. The fourth-order valence-electron chi connectivity index (χ4n) is 3.02. The Labute approximate surface area is 165 Å². The molecule has 0 aromatic heterocycles. The first-order valence-corrected chi connectivity index (χ1v) is 9.43. The SMILES string of the molecule is CC(Nc1ccc(C(=O)N2CCOCC2)cc1[N+](=O)[O-])c1ccccc1Br. The first kappa shape index (κ1) is 19.3. The number of benzene rings is 2. The van der Waals surface area contributed by atoms with Crippen molar-refractivity contribution in [1.82, 2.24) is 4.90 Å². The first-order valence-electron chi connectivity index (χ1n) is 8.64. The van der Waals surface area contributed by atoms with Crippen molar-refractivity contribution >= 4 is 33.2 Å². The van der Waals surface area contributed by atoms with Crippen LogP contribution in [0.2, 0.25) is 0 Å². The number of carbonyl (C=O) groups is 1. The predicted molar refractivity (Wildman–Crippen MR) is 106 cm³/mol. The van der Waals surface area contributed by atoms with Gasteiger partial charge in [-0.05, 0) is 30.7 Å². The minimum Gasteiger partial charge on any atom is -0.378 e. The van der Waals surface area contributed by atoms with Gasteiger partial charge in [0.1, 0.15) is 5.69 Å². The molecular formula is C19H20BrN3O4. The molecule has 1 saturated heterocycles. The summed E-state index contributed by atoms with van der Waals surface area (Å²) in [6.07, 6.45) is 0. The predicted octanol–water partition coefficient (Wildman–Crippen LogP) is 4.00. The zero-order chi connectivity index (χ0) is 19.4. The molecule has 142 valence electrons. The molecule has 1 aliphatic heterocycles. The van der Waals surface area contributed by atoms with Crippen molar-refractivity contribution in [2.45, 2.75) is 13.0 Å². The normalized spacial score (nSPS) is 15.3. The minimum atomic E-state index is -0.467. The van der Waals surface area contributed by atoms with Crippen LogP contribution in [0.25, 0.3) is 0 Å². The van der Waals surface area contributed by atoms with Crippen molar-refractivity contribution in [3.8, 4) is 0 Å². The fraction of sp³-hybridized carbons (Fsp3) is 0.316. The van der Waals surface area contributed by atoms with Gasteiger partial charge in [-0.3, -0.25) is 14.9 Å². The highest BCUT2D eigenvalue weighted by Crippen LogP contribution is 2.31. The van der Waals surface area contributed by atoms with Crippen molar-refractivity contribution in [1.29, 1.82) is 0 Å². The van der Waals surface area contributed by atoms with Crippen molar-refractivity contribution in [3.05, 3.63) is 68.2 Å². The van der Waals surface area contributed by atoms with Crippen LogP contribution in [0.4, 0.5) is 11.4 Å². The van der Waals surface area contributed by atoms with Gasteiger partial charge in [0, 0.05) is 35.2 Å². The number of halogens is 1. The van der Waals surface area contributed by atoms with Gasteiger partial charge in [-0.1, -0.05) is 34.1 Å². The van der Waals surface area contributed by atoms with Crippen LogP contribution in [-0.4, -0.2) is 42.0 Å². The highest BCUT2D eigenvalue weighted by molar-refractivity contribution is 9.10. The van der Waals surface area contributed by atoms with Crippen molar-refractivity contribution < 1.29 is 14.5 Å². The van der Waals surface area contributed by atoms with Crippen molar-refractivity contribution in [2.75, 3.05) is 31.6 Å². The number of rotatable bonds is 5. The Morgan fingerprint density at radius 1 is 1.26 bits per heavy atom. The summed E-state index contributed by atoms with van der Waals surface area (Å²) in [7, 11) is 0. The second-order valence-electron chi connectivity index (χ2n) is 6.28. The molecule has 3 rings (SSSR count). The largest absolute Gasteiger partial charge is 0.378 e. The molecule has 1 unspecified atom stereocenters. The zero-order valence-electron chi connectivity index (χ0n) is 14.9. The average molecular weight is 434 g/mol. The topological polar surface area (TPSA) is 84.7 Å². The van der Waals surface area contributed by atoms with Gasteiger partial charge in [0.05, 0.1) is 18.1 Å². The molecule has 1 aliphatic rings. The van der Waals surface area contributed by atoms with E-state index in [-0.39, 0.29) is 17.6 Å². The number of anilines is 1. The Morgan fingerprint density at radius 3 is 2.63 bits per heavy atom. The van der Waals surface area contributed by atoms with Crippen LogP contribution in [0.3, 0.4) is 0 Å². The summed E-state index contributed by atoms with van der Waals surface area (Å²) in [4.78, 5) is 25.3. The van der Waals surface area contributed by atoms with Gasteiger partial charge in [0.2, 0.25) is 0 Å². The molecule has 1 heterocycles. The molecule has 0 aliphatic carbocycles. The summed E-state index contributed by atoms with van der Waals surface area (Å²) in [6.45, 7) is 3.88. The first-order chi connectivity index (χ1) is 13.0. The molecule has 27 heavy (non-hydrogen) atoms. The third-order valence-electron chi connectivity index (χ3n) is 4.48. The quantitative estimate of drug-likeness (QED) is 0.568. The molecule has 0 radical (unpaired) electrons. The Balaban J connectivity index is 1.84. The van der Waals surface area contributed by atoms with Gasteiger partial charge in [-0.2, -0.15) is 0 Å². The molecule has 0 saturated carbocycles. The van der Waals surface area contributed by atoms with Gasteiger partial charge < -0.3 is 15.0 Å². The molecule has 1 amide bonds. The van der Waals surface area contributed by atoms with E-state index in [1.807, 2.05) is 31.2 Å². The summed E-state index contributed by atoms with van der Waals surface area (Å²) in [5.74, 6) is -0.216. The lowest BCUT2D eigenvalue weighted by Gasteiger charge is -2.27. The van der Waals surface area contributed by atoms with E-state index in [0.29, 0.717) is 37.6 Å². The zero-order valence-corrected chi connectivity index (χ0v) is 16.4. The minimum absolute atomic E-state index is 0.118. The lowest BCUT2D eigenvalue weighted by Crippen LogP contribution is -2.40. The number of hydrogen-bond acceptors (Lipinski definition) is 5. The number of carbonyl (C=O) groups excluding carboxylic acids is 1. The van der Waals surface area contributed by atoms with Crippen LogP contribution in [0.1, 0.15) is 28.9 Å². The molecule has 1 atom stereocenters. The summed E-state index contributed by atoms with van der Waals surface area (Å²) in [5, 5.41) is 14.7. The van der Waals surface area contributed by atoms with E-state index in [9.17, 15) is 14.9 Å². The van der Waals surface area contributed by atoms with Gasteiger partial charge in [-0.25, -0.2) is 0 Å². The number of amides is 1. The van der Waals surface area contributed by atoms with Crippen LogP contribution < -0.4 is 5.32 Å². The van der Waals surface area contributed by atoms with Crippen LogP contribution in [-0.2, 0) is 4.74 Å². The van der Waals surface area contributed by atoms with E-state index in [1.54, 1.807) is 17.0 Å². The molecule has 1 N–H and O–H groups in total. The third-order valence-corrected chi connectivity index (χ3v) is 5.21. The maximum absolute atomic E-state index is 12.6. The number of nitrogens with zero attached hydrogens (tertiary/aromatic N) is 2. The summed E-state index contributed by atoms with van der Waals surface area (Å²) >= 11 is 3.50. The number of nitrogens with one attached hydrogen (secondary N) is 1. The molecule has 0 spiro atoms. The smallest absolute Gasteiger partial charge is 0.293 e. The number of nitro benzene ring substituents is 1. The molecule has 2 aromatic rings. The van der Waals surface area contributed by atoms with Crippen molar-refractivity contribution in [2.24, 2.45) is 0 Å². The van der Waals surface area contributed by atoms with Crippen LogP contribution in [0.5, 0.6) is 0 Å². The summed E-state index contributed by atoms with van der Waals surface area (Å²) < 4.78 is 6.17. The molecule has 1 fully saturated rings. The Morgan fingerprint density at radius 2 is 1.96 bits per heavy atom. The maximum Gasteiger partial charge on any atom is 0.293 e. The van der Waals surface area contributed by atoms with Crippen molar-refractivity contribution in [3.63, 3.8) is 0 Å². The Kier molecular flexibility index (Phi) is 6.08. The Hall–Kier alpha value is -2.45. The van der Waals surface area contributed by atoms with Gasteiger partial charge in [-0.15, -0.1) is 0 Å². The van der Waals surface area contributed by atoms with Crippen LogP contribution in [0, 0.1) is 10.1 Å². The van der Waals surface area contributed by atoms with Gasteiger partial charge >= 0.3 is 0 Å². The maximum atomic E-state index is 12.6. The number of morpholine rings is 1. The van der Waals surface area contributed by atoms with E-state index >= 15 is 0 Å². The van der Waals surface area contributed by atoms with E-state index in [2.05, 4.69) is 21.2 Å². The lowest BCUT2D eigenvalue weighted by molar-refractivity contribution is -0.384. The van der Waals surface area contributed by atoms with E-state index in [1.165, 1.54) is 6.07 Å². The average Bonchev–Trinajstić information content (AvgIpc) is 2.68. The summed E-state index contributed by atoms with van der Waals surface area (Å²) in [6, 6.07) is 12.1. The van der Waals surface area contributed by atoms with E-state index in [0.717, 1.165) is 10.0 Å². The standard InChI is InChI=1S/C19H20BrN3O4/c1-13(15-4-2-3-5-16(15)20)21-17-7-6-14(12-18(17)23(25)26)19(24)22-8-10-27-11-9-22/h2-7,12-13,21H,8-11H2,1H3. The monoisotopic (exact) mass is 433 g/mol. The van der Waals surface area contributed by atoms with E-state index < -0.39 is 4.92 Å². The second-order valence-corrected chi connectivity index (χ2v) is 7.14. The molecule has 2 aromatic carbocycles. The molecule has 0 bridgehead atoms. The number of nitro groups is 1. The highest BCUT2D eigenvalue weighted by atomic mass is 79.9. The lowest BCUT2D eigenvalue weighted by atomic mass is 10.1. The van der Waals surface area contributed by atoms with Crippen LogP contribution >= 0.6 is 15.9 Å². The highest BCUT2D eigenvalue weighted by Gasteiger charge is 2.23. The van der Waals surface area contributed by atoms with Gasteiger partial charge in [0.25, 0.3) is 11.6 Å². The van der Waals surface area contributed by atoms with E-state index in [4.69, 9.17) is 4.74 Å². The van der Waals surface area contributed by atoms with Gasteiger partial charge in [0.15, 0.2) is 0 Å². The third kappa shape index (κ3) is 4.45. The van der Waals surface area contributed by atoms with Crippen LogP contribution in [0.15, 0.2) is 46.9 Å². The Bertz CT molecular complexity index is 853.